The monoisotopic (exact) mass is 240 g/mol. The SMILES string of the molecule is CCc1cnc(C(C)n2cn[nH]c2=S)s1. The summed E-state index contributed by atoms with van der Waals surface area (Å²) in [7, 11) is 0. The quantitative estimate of drug-likeness (QED) is 0.839. The molecule has 1 N–H and O–H groups in total. The third-order valence-electron chi connectivity index (χ3n) is 2.27. The van der Waals surface area contributed by atoms with Crippen molar-refractivity contribution in [3.05, 3.63) is 27.2 Å². The maximum Gasteiger partial charge on any atom is 0.195 e. The van der Waals surface area contributed by atoms with E-state index in [0.29, 0.717) is 4.77 Å². The molecule has 0 bridgehead atoms. The third kappa shape index (κ3) is 2.00. The molecule has 0 aliphatic heterocycles. The van der Waals surface area contributed by atoms with Gasteiger partial charge in [0, 0.05) is 11.1 Å². The van der Waals surface area contributed by atoms with E-state index < -0.39 is 0 Å². The molecule has 15 heavy (non-hydrogen) atoms. The first-order valence-corrected chi connectivity index (χ1v) is 6.01. The van der Waals surface area contributed by atoms with Crippen LogP contribution in [0.25, 0.3) is 0 Å². The Hall–Kier alpha value is -1.01. The van der Waals surface area contributed by atoms with Gasteiger partial charge in [-0.1, -0.05) is 6.92 Å². The molecule has 4 nitrogen and oxygen atoms in total. The van der Waals surface area contributed by atoms with Crippen LogP contribution >= 0.6 is 23.6 Å². The number of aromatic amines is 1. The van der Waals surface area contributed by atoms with E-state index in [2.05, 4.69) is 29.0 Å². The molecule has 0 saturated carbocycles. The van der Waals surface area contributed by atoms with Crippen LogP contribution in [-0.2, 0) is 6.42 Å². The number of nitrogens with one attached hydrogen (secondary N) is 1. The first-order chi connectivity index (χ1) is 7.22. The molecule has 0 aromatic carbocycles. The van der Waals surface area contributed by atoms with Crippen LogP contribution in [0.4, 0.5) is 0 Å². The predicted molar refractivity (Wildman–Crippen MR) is 62.7 cm³/mol. The Labute approximate surface area is 97.0 Å². The van der Waals surface area contributed by atoms with Crippen molar-refractivity contribution < 1.29 is 0 Å². The zero-order valence-corrected chi connectivity index (χ0v) is 10.2. The molecule has 80 valence electrons. The van der Waals surface area contributed by atoms with Gasteiger partial charge in [-0.15, -0.1) is 11.3 Å². The van der Waals surface area contributed by atoms with Crippen molar-refractivity contribution >= 4 is 23.6 Å². The summed E-state index contributed by atoms with van der Waals surface area (Å²) in [6, 6.07) is 0.154. The van der Waals surface area contributed by atoms with Gasteiger partial charge in [-0.25, -0.2) is 4.98 Å². The second-order valence-corrected chi connectivity index (χ2v) is 4.80. The lowest BCUT2D eigenvalue weighted by Crippen LogP contribution is -2.04. The van der Waals surface area contributed by atoms with Gasteiger partial charge in [0.05, 0.1) is 6.04 Å². The molecule has 1 atom stereocenters. The number of H-pyrrole nitrogens is 1. The molecule has 0 saturated heterocycles. The van der Waals surface area contributed by atoms with Gasteiger partial charge in [0.2, 0.25) is 0 Å². The van der Waals surface area contributed by atoms with Crippen LogP contribution in [0.3, 0.4) is 0 Å². The highest BCUT2D eigenvalue weighted by Gasteiger charge is 2.12. The number of thiazole rings is 1. The van der Waals surface area contributed by atoms with Crippen molar-refractivity contribution in [2.45, 2.75) is 26.3 Å². The molecule has 2 aromatic rings. The van der Waals surface area contributed by atoms with E-state index in [1.165, 1.54) is 4.88 Å². The second kappa shape index (κ2) is 4.24. The standard InChI is InChI=1S/C9H12N4S2/c1-3-7-4-10-8(15-7)6(2)13-5-11-12-9(13)14/h4-6H,3H2,1-2H3,(H,12,14). The molecular weight excluding hydrogens is 228 g/mol. The fourth-order valence-electron chi connectivity index (χ4n) is 1.33. The van der Waals surface area contributed by atoms with Gasteiger partial charge in [0.1, 0.15) is 11.3 Å². The average Bonchev–Trinajstić information content (AvgIpc) is 2.84. The highest BCUT2D eigenvalue weighted by atomic mass is 32.1. The van der Waals surface area contributed by atoms with Crippen molar-refractivity contribution in [2.24, 2.45) is 0 Å². The summed E-state index contributed by atoms with van der Waals surface area (Å²) in [5.41, 5.74) is 0. The highest BCUT2D eigenvalue weighted by Crippen LogP contribution is 2.23. The Morgan fingerprint density at radius 3 is 3.00 bits per heavy atom. The Kier molecular flexibility index (Phi) is 2.97. The molecule has 0 aliphatic rings. The molecule has 1 unspecified atom stereocenters. The third-order valence-corrected chi connectivity index (χ3v) is 3.89. The van der Waals surface area contributed by atoms with Crippen LogP contribution in [-0.4, -0.2) is 19.7 Å². The Bertz CT molecular complexity index is 496. The summed E-state index contributed by atoms with van der Waals surface area (Å²) >= 11 is 6.85. The van der Waals surface area contributed by atoms with Crippen LogP contribution < -0.4 is 0 Å². The fraction of sp³-hybridized carbons (Fsp3) is 0.444. The van der Waals surface area contributed by atoms with Gasteiger partial charge in [-0.2, -0.15) is 5.10 Å². The van der Waals surface area contributed by atoms with E-state index in [-0.39, 0.29) is 6.04 Å². The largest absolute Gasteiger partial charge is 0.297 e. The molecule has 0 radical (unpaired) electrons. The fourth-order valence-corrected chi connectivity index (χ4v) is 2.50. The van der Waals surface area contributed by atoms with E-state index >= 15 is 0 Å². The van der Waals surface area contributed by atoms with Crippen LogP contribution in [0, 0.1) is 4.77 Å². The zero-order valence-electron chi connectivity index (χ0n) is 8.60. The van der Waals surface area contributed by atoms with E-state index in [9.17, 15) is 0 Å². The van der Waals surface area contributed by atoms with Gasteiger partial charge in [-0.05, 0) is 25.6 Å². The molecule has 0 spiro atoms. The van der Waals surface area contributed by atoms with Crippen LogP contribution in [0.5, 0.6) is 0 Å². The van der Waals surface area contributed by atoms with Crippen molar-refractivity contribution in [1.82, 2.24) is 19.7 Å². The zero-order chi connectivity index (χ0) is 10.8. The molecule has 2 heterocycles. The molecular formula is C9H12N4S2. The number of hydrogen-bond donors (Lipinski definition) is 1. The Morgan fingerprint density at radius 1 is 1.67 bits per heavy atom. The van der Waals surface area contributed by atoms with E-state index in [1.54, 1.807) is 17.7 Å². The summed E-state index contributed by atoms with van der Waals surface area (Å²) in [5.74, 6) is 0. The lowest BCUT2D eigenvalue weighted by molar-refractivity contribution is 0.624. The van der Waals surface area contributed by atoms with Gasteiger partial charge in [-0.3, -0.25) is 9.67 Å². The minimum Gasteiger partial charge on any atom is -0.297 e. The number of rotatable bonds is 3. The summed E-state index contributed by atoms with van der Waals surface area (Å²) in [6.07, 6.45) is 4.67. The van der Waals surface area contributed by atoms with Gasteiger partial charge in [0.25, 0.3) is 0 Å². The Balaban J connectivity index is 2.32. The normalized spacial score (nSPS) is 12.9. The van der Waals surface area contributed by atoms with E-state index in [1.807, 2.05) is 10.8 Å². The Morgan fingerprint density at radius 2 is 2.47 bits per heavy atom. The van der Waals surface area contributed by atoms with Gasteiger partial charge < -0.3 is 0 Å². The number of hydrogen-bond acceptors (Lipinski definition) is 4. The number of aromatic nitrogens is 4. The first-order valence-electron chi connectivity index (χ1n) is 4.78. The maximum absolute atomic E-state index is 5.12. The molecule has 0 aliphatic carbocycles. The van der Waals surface area contributed by atoms with Crippen LogP contribution in [0.15, 0.2) is 12.5 Å². The van der Waals surface area contributed by atoms with Crippen LogP contribution in [0.2, 0.25) is 0 Å². The average molecular weight is 240 g/mol. The minimum atomic E-state index is 0.154. The molecule has 2 rings (SSSR count). The summed E-state index contributed by atoms with van der Waals surface area (Å²) in [4.78, 5) is 5.69. The predicted octanol–water partition coefficient (Wildman–Crippen LogP) is 2.57. The van der Waals surface area contributed by atoms with Crippen molar-refractivity contribution in [3.8, 4) is 0 Å². The molecule has 0 fully saturated rings. The lowest BCUT2D eigenvalue weighted by atomic mass is 10.3. The second-order valence-electron chi connectivity index (χ2n) is 3.26. The van der Waals surface area contributed by atoms with Gasteiger partial charge >= 0.3 is 0 Å². The van der Waals surface area contributed by atoms with E-state index in [0.717, 1.165) is 11.4 Å². The van der Waals surface area contributed by atoms with Crippen LogP contribution in [0.1, 0.15) is 29.8 Å². The molecule has 0 amide bonds. The van der Waals surface area contributed by atoms with E-state index in [4.69, 9.17) is 12.2 Å². The summed E-state index contributed by atoms with van der Waals surface area (Å²) in [6.45, 7) is 4.20. The smallest absolute Gasteiger partial charge is 0.195 e. The highest BCUT2D eigenvalue weighted by molar-refractivity contribution is 7.71. The molecule has 6 heteroatoms. The summed E-state index contributed by atoms with van der Waals surface area (Å²) in [5, 5.41) is 7.72. The first kappa shape index (κ1) is 10.5. The lowest BCUT2D eigenvalue weighted by Gasteiger charge is -2.08. The van der Waals surface area contributed by atoms with Crippen molar-refractivity contribution in [1.29, 1.82) is 0 Å². The van der Waals surface area contributed by atoms with Crippen molar-refractivity contribution in [2.75, 3.05) is 0 Å². The maximum atomic E-state index is 5.12. The number of aryl methyl sites for hydroxylation is 1. The minimum absolute atomic E-state index is 0.154. The molecule has 2 aromatic heterocycles. The summed E-state index contributed by atoms with van der Waals surface area (Å²) < 4.78 is 2.55. The number of nitrogens with zero attached hydrogens (tertiary/aromatic N) is 3. The van der Waals surface area contributed by atoms with Gasteiger partial charge in [0.15, 0.2) is 4.77 Å². The topological polar surface area (TPSA) is 46.5 Å². The van der Waals surface area contributed by atoms with Crippen molar-refractivity contribution in [3.63, 3.8) is 0 Å².